The first-order valence-electron chi connectivity index (χ1n) is 15.3. The maximum absolute atomic E-state index is 6.42. The molecule has 1 aliphatic carbocycles. The van der Waals surface area contributed by atoms with Gasteiger partial charge in [0.15, 0.2) is 0 Å². The third kappa shape index (κ3) is 5.98. The molecule has 0 amide bonds. The van der Waals surface area contributed by atoms with Gasteiger partial charge in [-0.1, -0.05) is 157 Å². The standard InChI is InChI=1S/C42H32Cl2N2/c43-34-18-10-20-36(28-34)45-37-22-23-40(39(30-37)31-12-4-1-5-13-31)41(32-14-6-2-7-15-32)24-26-42(27-25-41,33-16-8-3-9-17-33)46-38-21-11-19-35(44)29-38/h1-30,45-46H. The van der Waals surface area contributed by atoms with Crippen molar-refractivity contribution in [2.45, 2.75) is 11.0 Å². The molecule has 0 spiro atoms. The van der Waals surface area contributed by atoms with Gasteiger partial charge in [-0.3, -0.25) is 0 Å². The second-order valence-corrected chi connectivity index (χ2v) is 12.4. The summed E-state index contributed by atoms with van der Waals surface area (Å²) in [5.41, 5.74) is 7.50. The summed E-state index contributed by atoms with van der Waals surface area (Å²) in [7, 11) is 0. The first-order valence-corrected chi connectivity index (χ1v) is 16.1. The highest BCUT2D eigenvalue weighted by atomic mass is 35.5. The SMILES string of the molecule is Clc1cccc(Nc2ccc(C3(c4ccccc4)C=CC(Nc4cccc(Cl)c4)(c4ccccc4)C=C3)c(-c3ccccc3)c2)c1. The van der Waals surface area contributed by atoms with Gasteiger partial charge in [-0.2, -0.15) is 0 Å². The molecule has 0 radical (unpaired) electrons. The van der Waals surface area contributed by atoms with Crippen molar-refractivity contribution in [3.05, 3.63) is 209 Å². The summed E-state index contributed by atoms with van der Waals surface area (Å²) < 4.78 is 0. The van der Waals surface area contributed by atoms with E-state index < -0.39 is 11.0 Å². The molecule has 0 saturated carbocycles. The fourth-order valence-electron chi connectivity index (χ4n) is 6.32. The van der Waals surface area contributed by atoms with E-state index in [2.05, 4.69) is 144 Å². The number of nitrogens with one attached hydrogen (secondary N) is 2. The second-order valence-electron chi connectivity index (χ2n) is 11.5. The molecule has 0 fully saturated rings. The fraction of sp³-hybridized carbons (Fsp3) is 0.0476. The van der Waals surface area contributed by atoms with Gasteiger partial charge in [-0.15, -0.1) is 0 Å². The lowest BCUT2D eigenvalue weighted by atomic mass is 9.67. The van der Waals surface area contributed by atoms with Crippen LogP contribution in [0, 0.1) is 0 Å². The Morgan fingerprint density at radius 1 is 0.435 bits per heavy atom. The van der Waals surface area contributed by atoms with Crippen LogP contribution in [0.4, 0.5) is 17.1 Å². The number of hydrogen-bond donors (Lipinski definition) is 2. The number of hydrogen-bond acceptors (Lipinski definition) is 2. The lowest BCUT2D eigenvalue weighted by molar-refractivity contribution is 0.700. The number of rotatable bonds is 8. The van der Waals surface area contributed by atoms with Crippen molar-refractivity contribution in [3.8, 4) is 11.1 Å². The van der Waals surface area contributed by atoms with Crippen molar-refractivity contribution in [2.24, 2.45) is 0 Å². The van der Waals surface area contributed by atoms with Crippen LogP contribution in [0.1, 0.15) is 16.7 Å². The van der Waals surface area contributed by atoms with Crippen molar-refractivity contribution in [1.29, 1.82) is 0 Å². The third-order valence-corrected chi connectivity index (χ3v) is 9.03. The van der Waals surface area contributed by atoms with Crippen LogP contribution in [-0.2, 0) is 11.0 Å². The second kappa shape index (κ2) is 12.8. The van der Waals surface area contributed by atoms with Crippen molar-refractivity contribution in [2.75, 3.05) is 10.6 Å². The largest absolute Gasteiger partial charge is 0.369 e. The van der Waals surface area contributed by atoms with Gasteiger partial charge < -0.3 is 10.6 Å². The zero-order chi connectivity index (χ0) is 31.4. The molecule has 7 rings (SSSR count). The van der Waals surface area contributed by atoms with Gasteiger partial charge in [0.2, 0.25) is 0 Å². The molecular weight excluding hydrogens is 603 g/mol. The van der Waals surface area contributed by atoms with E-state index >= 15 is 0 Å². The summed E-state index contributed by atoms with van der Waals surface area (Å²) in [4.78, 5) is 0. The molecule has 0 heterocycles. The monoisotopic (exact) mass is 634 g/mol. The average molecular weight is 636 g/mol. The lowest BCUT2D eigenvalue weighted by Crippen LogP contribution is -2.37. The van der Waals surface area contributed by atoms with Crippen LogP contribution in [0.3, 0.4) is 0 Å². The van der Waals surface area contributed by atoms with Gasteiger partial charge in [-0.25, -0.2) is 0 Å². The molecule has 1 aliphatic rings. The van der Waals surface area contributed by atoms with E-state index in [1.54, 1.807) is 0 Å². The minimum Gasteiger partial charge on any atom is -0.369 e. The maximum atomic E-state index is 6.42. The molecule has 0 unspecified atom stereocenters. The molecule has 0 atom stereocenters. The molecule has 224 valence electrons. The quantitative estimate of drug-likeness (QED) is 0.163. The molecule has 4 heteroatoms. The van der Waals surface area contributed by atoms with E-state index in [0.29, 0.717) is 10.0 Å². The Bertz CT molecular complexity index is 2000. The zero-order valence-electron chi connectivity index (χ0n) is 25.1. The molecule has 2 nitrogen and oxygen atoms in total. The third-order valence-electron chi connectivity index (χ3n) is 8.56. The first-order chi connectivity index (χ1) is 22.5. The number of benzene rings is 6. The predicted octanol–water partition coefficient (Wildman–Crippen LogP) is 11.8. The van der Waals surface area contributed by atoms with Gasteiger partial charge in [-0.05, 0) is 76.3 Å². The molecule has 46 heavy (non-hydrogen) atoms. The van der Waals surface area contributed by atoms with Crippen LogP contribution < -0.4 is 10.6 Å². The molecule has 6 aromatic rings. The van der Waals surface area contributed by atoms with E-state index in [9.17, 15) is 0 Å². The van der Waals surface area contributed by atoms with Gasteiger partial charge in [0, 0.05) is 27.1 Å². The van der Waals surface area contributed by atoms with E-state index in [-0.39, 0.29) is 0 Å². The molecule has 6 aromatic carbocycles. The van der Waals surface area contributed by atoms with Crippen LogP contribution in [-0.4, -0.2) is 0 Å². The first kappa shape index (κ1) is 29.7. The summed E-state index contributed by atoms with van der Waals surface area (Å²) in [6.07, 6.45) is 9.28. The van der Waals surface area contributed by atoms with Gasteiger partial charge in [0.05, 0.1) is 11.0 Å². The average Bonchev–Trinajstić information content (AvgIpc) is 3.10. The topological polar surface area (TPSA) is 24.1 Å². The van der Waals surface area contributed by atoms with Crippen LogP contribution in [0.25, 0.3) is 11.1 Å². The Balaban J connectivity index is 1.40. The number of halogens is 2. The highest BCUT2D eigenvalue weighted by Gasteiger charge is 2.39. The van der Waals surface area contributed by atoms with E-state index in [4.69, 9.17) is 23.2 Å². The Kier molecular flexibility index (Phi) is 8.24. The minimum atomic E-state index is -0.592. The van der Waals surface area contributed by atoms with Crippen LogP contribution in [0.15, 0.2) is 182 Å². The molecule has 0 saturated heterocycles. The predicted molar refractivity (Wildman–Crippen MR) is 195 cm³/mol. The van der Waals surface area contributed by atoms with Gasteiger partial charge >= 0.3 is 0 Å². The molecule has 0 bridgehead atoms. The van der Waals surface area contributed by atoms with Crippen LogP contribution in [0.5, 0.6) is 0 Å². The summed E-state index contributed by atoms with van der Waals surface area (Å²) >= 11 is 12.7. The summed E-state index contributed by atoms with van der Waals surface area (Å²) in [5, 5.41) is 8.75. The summed E-state index contributed by atoms with van der Waals surface area (Å²) in [6, 6.07) is 54.1. The zero-order valence-corrected chi connectivity index (χ0v) is 26.6. The molecule has 2 N–H and O–H groups in total. The fourth-order valence-corrected chi connectivity index (χ4v) is 6.70. The van der Waals surface area contributed by atoms with Gasteiger partial charge in [0.25, 0.3) is 0 Å². The number of anilines is 3. The Hall–Kier alpha value is -5.02. The van der Waals surface area contributed by atoms with Crippen molar-refractivity contribution >= 4 is 40.3 Å². The molecule has 0 aromatic heterocycles. The minimum absolute atomic E-state index is 0.546. The van der Waals surface area contributed by atoms with Crippen LogP contribution >= 0.6 is 23.2 Å². The summed E-state index contributed by atoms with van der Waals surface area (Å²) in [5.74, 6) is 0. The van der Waals surface area contributed by atoms with Gasteiger partial charge in [0.1, 0.15) is 0 Å². The van der Waals surface area contributed by atoms with Crippen LogP contribution in [0.2, 0.25) is 10.0 Å². The Labute approximate surface area is 280 Å². The van der Waals surface area contributed by atoms with E-state index in [1.807, 2.05) is 48.5 Å². The van der Waals surface area contributed by atoms with Crippen molar-refractivity contribution < 1.29 is 0 Å². The smallest absolute Gasteiger partial charge is 0.0998 e. The highest BCUT2D eigenvalue weighted by molar-refractivity contribution is 6.31. The number of allylic oxidation sites excluding steroid dienone is 2. The van der Waals surface area contributed by atoms with Crippen molar-refractivity contribution in [3.63, 3.8) is 0 Å². The normalized spacial score (nSPS) is 18.7. The maximum Gasteiger partial charge on any atom is 0.0998 e. The van der Waals surface area contributed by atoms with Crippen molar-refractivity contribution in [1.82, 2.24) is 0 Å². The lowest BCUT2D eigenvalue weighted by Gasteiger charge is -2.40. The Morgan fingerprint density at radius 3 is 1.61 bits per heavy atom. The van der Waals surface area contributed by atoms with E-state index in [0.717, 1.165) is 33.8 Å². The highest BCUT2D eigenvalue weighted by Crippen LogP contribution is 2.47. The Morgan fingerprint density at radius 2 is 0.978 bits per heavy atom. The van der Waals surface area contributed by atoms with E-state index in [1.165, 1.54) is 11.1 Å². The summed E-state index contributed by atoms with van der Waals surface area (Å²) in [6.45, 7) is 0. The molecule has 0 aliphatic heterocycles. The molecular formula is C42H32Cl2N2.